The number of nitrogens with one attached hydrogen (secondary N) is 1. The lowest BCUT2D eigenvalue weighted by atomic mass is 10.1. The fraction of sp³-hybridized carbons (Fsp3) is 0.583. The molecule has 17 heavy (non-hydrogen) atoms. The largest absolute Gasteiger partial charge is 0.337 e. The number of hydrogen-bond donors (Lipinski definition) is 1. The second-order valence-electron chi connectivity index (χ2n) is 4.19. The fourth-order valence-corrected chi connectivity index (χ4v) is 3.07. The predicted octanol–water partition coefficient (Wildman–Crippen LogP) is 2.17. The smallest absolute Gasteiger partial charge is 0.264 e. The Balaban J connectivity index is 0.00000144. The minimum Gasteiger partial charge on any atom is -0.337 e. The van der Waals surface area contributed by atoms with Crippen molar-refractivity contribution in [2.24, 2.45) is 0 Å². The maximum atomic E-state index is 12.3. The first-order valence-electron chi connectivity index (χ1n) is 5.78. The summed E-state index contributed by atoms with van der Waals surface area (Å²) in [7, 11) is 1.92. The second-order valence-corrected chi connectivity index (χ2v) is 5.11. The van der Waals surface area contributed by atoms with E-state index >= 15 is 0 Å². The molecule has 1 aromatic rings. The van der Waals surface area contributed by atoms with E-state index in [2.05, 4.69) is 18.3 Å². The van der Waals surface area contributed by atoms with Crippen LogP contribution in [0.1, 0.15) is 28.6 Å². The molecule has 1 aliphatic heterocycles. The van der Waals surface area contributed by atoms with Crippen molar-refractivity contribution in [3.8, 4) is 0 Å². The van der Waals surface area contributed by atoms with Gasteiger partial charge in [0.25, 0.3) is 5.91 Å². The Morgan fingerprint density at radius 3 is 3.00 bits per heavy atom. The highest BCUT2D eigenvalue weighted by Crippen LogP contribution is 2.21. The average Bonchev–Trinajstić information content (AvgIpc) is 2.97. The first kappa shape index (κ1) is 14.5. The molecule has 0 radical (unpaired) electrons. The van der Waals surface area contributed by atoms with Crippen molar-refractivity contribution in [2.45, 2.75) is 25.8 Å². The summed E-state index contributed by atoms with van der Waals surface area (Å²) in [5.41, 5.74) is 1.17. The number of carbonyl (C=O) groups is 1. The number of likely N-dealkylation sites (N-methyl/N-ethyl adjacent to an activating group) is 1. The molecule has 1 atom stereocenters. The highest BCUT2D eigenvalue weighted by atomic mass is 35.5. The molecule has 1 saturated heterocycles. The van der Waals surface area contributed by atoms with Crippen molar-refractivity contribution in [1.82, 2.24) is 10.2 Å². The van der Waals surface area contributed by atoms with Gasteiger partial charge < -0.3 is 10.2 Å². The van der Waals surface area contributed by atoms with Gasteiger partial charge in [0.1, 0.15) is 0 Å². The van der Waals surface area contributed by atoms with Gasteiger partial charge in [-0.2, -0.15) is 0 Å². The van der Waals surface area contributed by atoms with E-state index in [0.29, 0.717) is 6.04 Å². The van der Waals surface area contributed by atoms with Gasteiger partial charge in [-0.1, -0.05) is 6.92 Å². The minimum atomic E-state index is 0. The Labute approximate surface area is 113 Å². The lowest BCUT2D eigenvalue weighted by Crippen LogP contribution is -2.38. The van der Waals surface area contributed by atoms with Gasteiger partial charge in [0.15, 0.2) is 0 Å². The third kappa shape index (κ3) is 3.00. The van der Waals surface area contributed by atoms with Crippen molar-refractivity contribution in [3.05, 3.63) is 21.9 Å². The lowest BCUT2D eigenvalue weighted by molar-refractivity contribution is 0.0747. The molecule has 1 aliphatic rings. The maximum Gasteiger partial charge on any atom is 0.264 e. The SMILES string of the molecule is CCc1ccsc1C(=O)N(C)C1CCNC1.Cl. The molecular weight excluding hydrogens is 256 g/mol. The second kappa shape index (κ2) is 6.38. The van der Waals surface area contributed by atoms with Crippen LogP contribution in [0.15, 0.2) is 11.4 Å². The summed E-state index contributed by atoms with van der Waals surface area (Å²) in [5, 5.41) is 5.30. The number of rotatable bonds is 3. The van der Waals surface area contributed by atoms with Crippen LogP contribution in [0, 0.1) is 0 Å². The Morgan fingerprint density at radius 1 is 1.65 bits per heavy atom. The van der Waals surface area contributed by atoms with Crippen LogP contribution < -0.4 is 5.32 Å². The molecule has 1 fully saturated rings. The highest BCUT2D eigenvalue weighted by Gasteiger charge is 2.25. The Morgan fingerprint density at radius 2 is 2.41 bits per heavy atom. The normalized spacial score (nSPS) is 18.8. The molecule has 1 N–H and O–H groups in total. The number of hydrogen-bond acceptors (Lipinski definition) is 3. The van der Waals surface area contributed by atoms with E-state index in [4.69, 9.17) is 0 Å². The molecule has 3 nitrogen and oxygen atoms in total. The number of carbonyl (C=O) groups excluding carboxylic acids is 1. The van der Waals surface area contributed by atoms with Gasteiger partial charge in [-0.3, -0.25) is 4.79 Å². The zero-order chi connectivity index (χ0) is 11.5. The molecule has 1 aromatic heterocycles. The maximum absolute atomic E-state index is 12.3. The summed E-state index contributed by atoms with van der Waals surface area (Å²) >= 11 is 1.56. The zero-order valence-corrected chi connectivity index (χ0v) is 11.9. The summed E-state index contributed by atoms with van der Waals surface area (Å²) in [6.45, 7) is 4.04. The summed E-state index contributed by atoms with van der Waals surface area (Å²) in [5.74, 6) is 0.181. The van der Waals surface area contributed by atoms with Crippen LogP contribution in [-0.4, -0.2) is 37.0 Å². The van der Waals surface area contributed by atoms with Gasteiger partial charge in [-0.05, 0) is 36.4 Å². The standard InChI is InChI=1S/C12H18N2OS.ClH/c1-3-9-5-7-16-11(9)12(15)14(2)10-4-6-13-8-10;/h5,7,10,13H,3-4,6,8H2,1-2H3;1H. The van der Waals surface area contributed by atoms with Crippen LogP contribution in [0.25, 0.3) is 0 Å². The third-order valence-corrected chi connectivity index (χ3v) is 4.17. The van der Waals surface area contributed by atoms with Gasteiger partial charge in [0, 0.05) is 19.6 Å². The molecule has 0 saturated carbocycles. The van der Waals surface area contributed by atoms with E-state index in [-0.39, 0.29) is 18.3 Å². The topological polar surface area (TPSA) is 32.3 Å². The van der Waals surface area contributed by atoms with E-state index in [9.17, 15) is 4.79 Å². The molecular formula is C12H19ClN2OS. The number of halogens is 1. The van der Waals surface area contributed by atoms with Gasteiger partial charge in [-0.25, -0.2) is 0 Å². The number of aryl methyl sites for hydroxylation is 1. The highest BCUT2D eigenvalue weighted by molar-refractivity contribution is 7.12. The molecule has 0 bridgehead atoms. The van der Waals surface area contributed by atoms with E-state index in [0.717, 1.165) is 30.8 Å². The quantitative estimate of drug-likeness (QED) is 0.916. The Hall–Kier alpha value is -0.580. The third-order valence-electron chi connectivity index (χ3n) is 3.22. The summed E-state index contributed by atoms with van der Waals surface area (Å²) in [6, 6.07) is 2.41. The van der Waals surface area contributed by atoms with Crippen LogP contribution in [0.4, 0.5) is 0 Å². The lowest BCUT2D eigenvalue weighted by Gasteiger charge is -2.23. The van der Waals surface area contributed by atoms with Gasteiger partial charge in [0.2, 0.25) is 0 Å². The van der Waals surface area contributed by atoms with Crippen LogP contribution in [0.3, 0.4) is 0 Å². The zero-order valence-electron chi connectivity index (χ0n) is 10.2. The van der Waals surface area contributed by atoms with Crippen molar-refractivity contribution in [1.29, 1.82) is 0 Å². The molecule has 96 valence electrons. The first-order valence-corrected chi connectivity index (χ1v) is 6.66. The van der Waals surface area contributed by atoms with E-state index in [1.165, 1.54) is 5.56 Å². The Kier molecular flexibility index (Phi) is 5.43. The van der Waals surface area contributed by atoms with Crippen molar-refractivity contribution in [3.63, 3.8) is 0 Å². The first-order chi connectivity index (χ1) is 7.74. The minimum absolute atomic E-state index is 0. The predicted molar refractivity (Wildman–Crippen MR) is 74.3 cm³/mol. The number of nitrogens with zero attached hydrogens (tertiary/aromatic N) is 1. The molecule has 1 amide bonds. The van der Waals surface area contributed by atoms with E-state index in [1.54, 1.807) is 11.3 Å². The summed E-state index contributed by atoms with van der Waals surface area (Å²) < 4.78 is 0. The van der Waals surface area contributed by atoms with Gasteiger partial charge >= 0.3 is 0 Å². The monoisotopic (exact) mass is 274 g/mol. The van der Waals surface area contributed by atoms with Crippen molar-refractivity contribution >= 4 is 29.7 Å². The average molecular weight is 275 g/mol. The van der Waals surface area contributed by atoms with Crippen molar-refractivity contribution in [2.75, 3.05) is 20.1 Å². The van der Waals surface area contributed by atoms with Crippen LogP contribution in [-0.2, 0) is 6.42 Å². The van der Waals surface area contributed by atoms with Crippen LogP contribution in [0.5, 0.6) is 0 Å². The molecule has 2 heterocycles. The molecule has 1 unspecified atom stereocenters. The van der Waals surface area contributed by atoms with E-state index in [1.807, 2.05) is 17.3 Å². The van der Waals surface area contributed by atoms with Crippen LogP contribution >= 0.6 is 23.7 Å². The molecule has 5 heteroatoms. The fourth-order valence-electron chi connectivity index (χ4n) is 2.10. The molecule has 0 aromatic carbocycles. The van der Waals surface area contributed by atoms with Crippen LogP contribution in [0.2, 0.25) is 0 Å². The van der Waals surface area contributed by atoms with Crippen molar-refractivity contribution < 1.29 is 4.79 Å². The molecule has 2 rings (SSSR count). The molecule has 0 aliphatic carbocycles. The number of thiophene rings is 1. The number of amides is 1. The summed E-state index contributed by atoms with van der Waals surface area (Å²) in [4.78, 5) is 15.1. The summed E-state index contributed by atoms with van der Waals surface area (Å²) in [6.07, 6.45) is 2.00. The Bertz CT molecular complexity index is 374. The molecule has 0 spiro atoms. The van der Waals surface area contributed by atoms with Gasteiger partial charge in [-0.15, -0.1) is 23.7 Å². The van der Waals surface area contributed by atoms with E-state index < -0.39 is 0 Å². The van der Waals surface area contributed by atoms with Gasteiger partial charge in [0.05, 0.1) is 4.88 Å².